The normalized spacial score (nSPS) is 10.9. The molecule has 0 aliphatic rings. The minimum Gasteiger partial charge on any atom is -0.495 e. The van der Waals surface area contributed by atoms with E-state index < -0.39 is 0 Å². The summed E-state index contributed by atoms with van der Waals surface area (Å²) in [7, 11) is 1.64. The highest BCUT2D eigenvalue weighted by Crippen LogP contribution is 2.25. The second-order valence-corrected chi connectivity index (χ2v) is 2.91. The van der Waals surface area contributed by atoms with E-state index in [0.717, 1.165) is 23.5 Å². The van der Waals surface area contributed by atoms with Crippen LogP contribution in [0.5, 0.6) is 5.75 Å². The lowest BCUT2D eigenvalue weighted by Gasteiger charge is -2.11. The number of hydrogen-bond acceptors (Lipinski definition) is 3. The summed E-state index contributed by atoms with van der Waals surface area (Å²) in [5.41, 5.74) is 2.00. The third kappa shape index (κ3) is 2.64. The third-order valence-electron chi connectivity index (χ3n) is 1.90. The van der Waals surface area contributed by atoms with Crippen LogP contribution in [0.4, 0.5) is 5.69 Å². The SMILES string of the molecule is [2H]COCc1ccc(OC)c(NCC)c1. The molecule has 0 amide bonds. The van der Waals surface area contributed by atoms with Gasteiger partial charge in [0.2, 0.25) is 0 Å². The Bertz CT molecular complexity index is 305. The molecule has 0 bridgehead atoms. The molecule has 1 N–H and O–H groups in total. The van der Waals surface area contributed by atoms with Gasteiger partial charge in [-0.1, -0.05) is 6.07 Å². The number of methoxy groups -OCH3 is 2. The van der Waals surface area contributed by atoms with E-state index in [1.807, 2.05) is 25.1 Å². The Morgan fingerprint density at radius 1 is 1.50 bits per heavy atom. The smallest absolute Gasteiger partial charge is 0.141 e. The average Bonchev–Trinajstić information content (AvgIpc) is 2.27. The molecule has 78 valence electrons. The molecular formula is C11H17NO2. The van der Waals surface area contributed by atoms with E-state index in [-0.39, 0.29) is 7.09 Å². The molecular weight excluding hydrogens is 178 g/mol. The first kappa shape index (κ1) is 9.34. The lowest BCUT2D eigenvalue weighted by molar-refractivity contribution is 0.185. The number of nitrogens with one attached hydrogen (secondary N) is 1. The third-order valence-corrected chi connectivity index (χ3v) is 1.90. The van der Waals surface area contributed by atoms with Gasteiger partial charge in [-0.25, -0.2) is 0 Å². The molecule has 0 heterocycles. The van der Waals surface area contributed by atoms with Crippen LogP contribution in [0.3, 0.4) is 0 Å². The molecule has 0 spiro atoms. The van der Waals surface area contributed by atoms with Gasteiger partial charge >= 0.3 is 0 Å². The van der Waals surface area contributed by atoms with Crippen LogP contribution in [0.25, 0.3) is 0 Å². The van der Waals surface area contributed by atoms with Gasteiger partial charge in [0, 0.05) is 13.6 Å². The molecule has 0 aromatic heterocycles. The van der Waals surface area contributed by atoms with E-state index in [1.54, 1.807) is 7.11 Å². The highest BCUT2D eigenvalue weighted by molar-refractivity contribution is 5.57. The molecule has 1 aromatic carbocycles. The average molecular weight is 196 g/mol. The number of rotatable bonds is 5. The van der Waals surface area contributed by atoms with Gasteiger partial charge in [0.1, 0.15) is 5.75 Å². The maximum absolute atomic E-state index is 6.90. The van der Waals surface area contributed by atoms with Crippen molar-refractivity contribution in [1.29, 1.82) is 0 Å². The van der Waals surface area contributed by atoms with Gasteiger partial charge < -0.3 is 14.8 Å². The van der Waals surface area contributed by atoms with Gasteiger partial charge in [-0.3, -0.25) is 0 Å². The molecule has 3 heteroatoms. The van der Waals surface area contributed by atoms with Gasteiger partial charge in [-0.05, 0) is 24.6 Å². The van der Waals surface area contributed by atoms with Crippen molar-refractivity contribution in [3.05, 3.63) is 23.8 Å². The van der Waals surface area contributed by atoms with Crippen molar-refractivity contribution in [2.75, 3.05) is 26.1 Å². The molecule has 14 heavy (non-hydrogen) atoms. The zero-order chi connectivity index (χ0) is 11.1. The molecule has 0 fully saturated rings. The summed E-state index contributed by atoms with van der Waals surface area (Å²) in [5.74, 6) is 0.825. The van der Waals surface area contributed by atoms with Crippen molar-refractivity contribution in [3.8, 4) is 5.75 Å². The van der Waals surface area contributed by atoms with Crippen LogP contribution in [0.15, 0.2) is 18.2 Å². The van der Waals surface area contributed by atoms with Crippen molar-refractivity contribution in [1.82, 2.24) is 0 Å². The quantitative estimate of drug-likeness (QED) is 0.783. The van der Waals surface area contributed by atoms with Crippen molar-refractivity contribution in [2.24, 2.45) is 0 Å². The second kappa shape index (κ2) is 5.50. The minimum absolute atomic E-state index is 0.0113. The van der Waals surface area contributed by atoms with Gasteiger partial charge in [0.25, 0.3) is 0 Å². The molecule has 0 radical (unpaired) electrons. The van der Waals surface area contributed by atoms with Gasteiger partial charge in [0.15, 0.2) is 0 Å². The lowest BCUT2D eigenvalue weighted by atomic mass is 10.2. The van der Waals surface area contributed by atoms with Crippen molar-refractivity contribution < 1.29 is 10.8 Å². The van der Waals surface area contributed by atoms with Gasteiger partial charge in [-0.2, -0.15) is 0 Å². The lowest BCUT2D eigenvalue weighted by Crippen LogP contribution is -2.00. The molecule has 0 atom stereocenters. The number of anilines is 1. The largest absolute Gasteiger partial charge is 0.495 e. The molecule has 3 nitrogen and oxygen atoms in total. The molecule has 0 aliphatic heterocycles. The monoisotopic (exact) mass is 196 g/mol. The first-order valence-electron chi connectivity index (χ1n) is 5.30. The molecule has 0 aliphatic carbocycles. The number of hydrogen-bond donors (Lipinski definition) is 1. The Morgan fingerprint density at radius 2 is 2.36 bits per heavy atom. The Morgan fingerprint density at radius 3 is 3.00 bits per heavy atom. The van der Waals surface area contributed by atoms with Crippen molar-refractivity contribution in [2.45, 2.75) is 13.5 Å². The van der Waals surface area contributed by atoms with E-state index in [2.05, 4.69) is 5.32 Å². The summed E-state index contributed by atoms with van der Waals surface area (Å²) in [6.45, 7) is 3.34. The maximum Gasteiger partial charge on any atom is 0.141 e. The first-order valence-corrected chi connectivity index (χ1v) is 4.59. The Labute approximate surface area is 86.4 Å². The summed E-state index contributed by atoms with van der Waals surface area (Å²) in [5, 5.41) is 3.22. The van der Waals surface area contributed by atoms with E-state index in [4.69, 9.17) is 10.8 Å². The van der Waals surface area contributed by atoms with Crippen molar-refractivity contribution >= 4 is 5.69 Å². The van der Waals surface area contributed by atoms with E-state index in [9.17, 15) is 0 Å². The van der Waals surface area contributed by atoms with E-state index >= 15 is 0 Å². The minimum atomic E-state index is -0.0113. The summed E-state index contributed by atoms with van der Waals surface area (Å²) < 4.78 is 17.1. The van der Waals surface area contributed by atoms with E-state index in [1.165, 1.54) is 0 Å². The summed E-state index contributed by atoms with van der Waals surface area (Å²) in [4.78, 5) is 0. The molecule has 0 saturated carbocycles. The fourth-order valence-corrected chi connectivity index (χ4v) is 1.29. The highest BCUT2D eigenvalue weighted by atomic mass is 16.5. The summed E-state index contributed by atoms with van der Waals surface area (Å²) in [6.07, 6.45) is 0. The molecule has 0 unspecified atom stereocenters. The predicted molar refractivity (Wildman–Crippen MR) is 57.9 cm³/mol. The van der Waals surface area contributed by atoms with E-state index in [0.29, 0.717) is 6.61 Å². The zero-order valence-electron chi connectivity index (χ0n) is 9.67. The highest BCUT2D eigenvalue weighted by Gasteiger charge is 2.02. The molecule has 1 aromatic rings. The van der Waals surface area contributed by atoms with Crippen LogP contribution in [-0.4, -0.2) is 20.7 Å². The van der Waals surface area contributed by atoms with Crippen LogP contribution >= 0.6 is 0 Å². The topological polar surface area (TPSA) is 30.5 Å². The van der Waals surface area contributed by atoms with Crippen LogP contribution in [0.1, 0.15) is 13.9 Å². The zero-order valence-corrected chi connectivity index (χ0v) is 8.67. The van der Waals surface area contributed by atoms with Crippen molar-refractivity contribution in [3.63, 3.8) is 0 Å². The second-order valence-electron chi connectivity index (χ2n) is 2.91. The Hall–Kier alpha value is -1.22. The van der Waals surface area contributed by atoms with Gasteiger partial charge in [-0.15, -0.1) is 0 Å². The Kier molecular flexibility index (Phi) is 3.67. The number of ether oxygens (including phenoxy) is 2. The fraction of sp³-hybridized carbons (Fsp3) is 0.455. The van der Waals surface area contributed by atoms with Crippen LogP contribution < -0.4 is 10.1 Å². The molecule has 1 rings (SSSR count). The predicted octanol–water partition coefficient (Wildman–Crippen LogP) is 2.27. The number of benzene rings is 1. The van der Waals surface area contributed by atoms with Crippen LogP contribution in [0, 0.1) is 0 Å². The maximum atomic E-state index is 6.90. The van der Waals surface area contributed by atoms with Gasteiger partial charge in [0.05, 0.1) is 20.8 Å². The first-order chi connectivity index (χ1) is 7.31. The van der Waals surface area contributed by atoms with Crippen LogP contribution in [-0.2, 0) is 11.3 Å². The standard InChI is InChI=1S/C11H17NO2/c1-4-12-10-7-9(8-13-2)5-6-11(10)14-3/h5-7,12H,4,8H2,1-3H3/i2D. The van der Waals surface area contributed by atoms with Crippen LogP contribution in [0.2, 0.25) is 0 Å². The summed E-state index contributed by atoms with van der Waals surface area (Å²) >= 11 is 0. The summed E-state index contributed by atoms with van der Waals surface area (Å²) in [6, 6.07) is 5.83. The molecule has 0 saturated heterocycles. The Balaban J connectivity index is 2.79. The fourth-order valence-electron chi connectivity index (χ4n) is 1.29.